The highest BCUT2D eigenvalue weighted by atomic mass is 35.5. The SMILES string of the molecule is CNC(=O)c1ccc(-c2ccc(CC(NC(=O)C3Cc4cc5c(cc4CN3C(=O)c3nc(C)oc3C)OC(c3ccc(OCc4ccc(Cl)c(Cl)c4)cc3)CO5)C(=O)O)cc2)cc1. The molecular weight excluding hydrogens is 847 g/mol. The molecule has 0 spiro atoms. The van der Waals surface area contributed by atoms with Crippen molar-refractivity contribution in [1.29, 1.82) is 0 Å². The van der Waals surface area contributed by atoms with Gasteiger partial charge in [-0.05, 0) is 94.4 Å². The van der Waals surface area contributed by atoms with Crippen molar-refractivity contribution in [1.82, 2.24) is 20.5 Å². The van der Waals surface area contributed by atoms with E-state index in [1.807, 2.05) is 66.7 Å². The van der Waals surface area contributed by atoms with Crippen LogP contribution in [0.15, 0.2) is 108 Å². The van der Waals surface area contributed by atoms with Crippen LogP contribution < -0.4 is 24.8 Å². The molecule has 3 amide bonds. The van der Waals surface area contributed by atoms with Crippen molar-refractivity contribution in [3.63, 3.8) is 0 Å². The van der Waals surface area contributed by atoms with Crippen molar-refractivity contribution in [2.45, 2.75) is 58.0 Å². The van der Waals surface area contributed by atoms with Crippen molar-refractivity contribution in [2.75, 3.05) is 13.7 Å². The number of halogens is 2. The quantitative estimate of drug-likeness (QED) is 0.109. The minimum Gasteiger partial charge on any atom is -0.489 e. The molecule has 0 saturated heterocycles. The Balaban J connectivity index is 0.978. The number of aryl methyl sites for hydroxylation is 2. The molecule has 63 heavy (non-hydrogen) atoms. The van der Waals surface area contributed by atoms with Gasteiger partial charge >= 0.3 is 5.97 Å². The molecule has 2 aliphatic heterocycles. The third-order valence-corrected chi connectivity index (χ3v) is 11.8. The first-order valence-electron chi connectivity index (χ1n) is 20.1. The zero-order valence-electron chi connectivity index (χ0n) is 34.4. The van der Waals surface area contributed by atoms with E-state index in [9.17, 15) is 24.3 Å². The standard InChI is InChI=1S/C48H42Cl2N4O9/c1-26-44(52-27(2)62-26)47(57)54-23-35-22-42-41(61-25-43(63-42)32-13-15-36(16-14-32)60-24-29-6-17-37(49)38(50)18-29)21-34(35)20-40(54)46(56)53-39(48(58)59)19-28-4-7-30(8-5-28)31-9-11-33(12-10-31)45(55)51-3/h4-18,21-22,39-40,43H,19-20,23-25H2,1-3H3,(H,51,55)(H,53,56)(H,58,59). The van der Waals surface area contributed by atoms with Crippen molar-refractivity contribution in [3.8, 4) is 28.4 Å². The van der Waals surface area contributed by atoms with Crippen LogP contribution in [0.3, 0.4) is 0 Å². The highest BCUT2D eigenvalue weighted by Crippen LogP contribution is 2.41. The average Bonchev–Trinajstić information content (AvgIpc) is 3.64. The minimum atomic E-state index is -1.30. The number of aliphatic carboxylic acids is 1. The highest BCUT2D eigenvalue weighted by Gasteiger charge is 2.39. The van der Waals surface area contributed by atoms with Crippen LogP contribution >= 0.6 is 23.2 Å². The first-order valence-corrected chi connectivity index (χ1v) is 20.9. The van der Waals surface area contributed by atoms with E-state index in [-0.39, 0.29) is 37.6 Å². The Morgan fingerprint density at radius 1 is 0.857 bits per heavy atom. The van der Waals surface area contributed by atoms with E-state index < -0.39 is 36.0 Å². The highest BCUT2D eigenvalue weighted by molar-refractivity contribution is 6.42. The van der Waals surface area contributed by atoms with Crippen LogP contribution in [0.25, 0.3) is 11.1 Å². The van der Waals surface area contributed by atoms with Gasteiger partial charge in [0.1, 0.15) is 36.8 Å². The van der Waals surface area contributed by atoms with E-state index in [0.717, 1.165) is 33.4 Å². The maximum absolute atomic E-state index is 14.2. The van der Waals surface area contributed by atoms with E-state index in [1.165, 1.54) is 4.90 Å². The second kappa shape index (κ2) is 18.3. The Bertz CT molecular complexity index is 2700. The van der Waals surface area contributed by atoms with Crippen LogP contribution in [-0.2, 0) is 35.6 Å². The molecule has 1 aromatic heterocycles. The van der Waals surface area contributed by atoms with Gasteiger partial charge in [0.2, 0.25) is 5.91 Å². The molecule has 5 aromatic carbocycles. The zero-order chi connectivity index (χ0) is 44.4. The van der Waals surface area contributed by atoms with Gasteiger partial charge in [-0.2, -0.15) is 0 Å². The third kappa shape index (κ3) is 9.49. The maximum Gasteiger partial charge on any atom is 0.326 e. The fraction of sp³-hybridized carbons (Fsp3) is 0.229. The zero-order valence-corrected chi connectivity index (χ0v) is 36.0. The number of aromatic nitrogens is 1. The van der Waals surface area contributed by atoms with Gasteiger partial charge in [0.15, 0.2) is 29.2 Å². The van der Waals surface area contributed by atoms with E-state index >= 15 is 0 Å². The number of rotatable bonds is 12. The predicted molar refractivity (Wildman–Crippen MR) is 234 cm³/mol. The number of ether oxygens (including phenoxy) is 3. The molecule has 322 valence electrons. The fourth-order valence-corrected chi connectivity index (χ4v) is 8.02. The molecule has 3 heterocycles. The summed E-state index contributed by atoms with van der Waals surface area (Å²) in [5.74, 6) is -0.362. The Morgan fingerprint density at radius 3 is 2.19 bits per heavy atom. The van der Waals surface area contributed by atoms with Crippen LogP contribution in [0, 0.1) is 13.8 Å². The number of carboxylic acid groups (broad SMARTS) is 1. The van der Waals surface area contributed by atoms with Gasteiger partial charge in [-0.1, -0.05) is 77.8 Å². The van der Waals surface area contributed by atoms with Crippen LogP contribution in [0.1, 0.15) is 66.4 Å². The number of hydrogen-bond acceptors (Lipinski definition) is 9. The maximum atomic E-state index is 14.2. The van der Waals surface area contributed by atoms with E-state index in [4.69, 9.17) is 41.8 Å². The number of carboxylic acids is 1. The van der Waals surface area contributed by atoms with E-state index in [1.54, 1.807) is 57.3 Å². The number of amides is 3. The van der Waals surface area contributed by atoms with Crippen molar-refractivity contribution < 1.29 is 42.9 Å². The van der Waals surface area contributed by atoms with Crippen LogP contribution in [0.4, 0.5) is 0 Å². The van der Waals surface area contributed by atoms with Crippen LogP contribution in [-0.4, -0.2) is 64.4 Å². The van der Waals surface area contributed by atoms with Gasteiger partial charge in [-0.3, -0.25) is 14.4 Å². The molecule has 0 fully saturated rings. The van der Waals surface area contributed by atoms with E-state index in [0.29, 0.717) is 56.7 Å². The first kappa shape index (κ1) is 42.8. The van der Waals surface area contributed by atoms with Gasteiger partial charge in [0.05, 0.1) is 10.0 Å². The first-order chi connectivity index (χ1) is 30.3. The smallest absolute Gasteiger partial charge is 0.326 e. The normalized spacial score (nSPS) is 15.8. The lowest BCUT2D eigenvalue weighted by Gasteiger charge is -2.37. The molecule has 6 aromatic rings. The van der Waals surface area contributed by atoms with Gasteiger partial charge in [0, 0.05) is 38.9 Å². The molecule has 0 radical (unpaired) electrons. The molecule has 0 saturated carbocycles. The Morgan fingerprint density at radius 2 is 1.54 bits per heavy atom. The summed E-state index contributed by atoms with van der Waals surface area (Å²) >= 11 is 12.2. The molecule has 13 nitrogen and oxygen atoms in total. The molecule has 3 atom stereocenters. The van der Waals surface area contributed by atoms with Crippen LogP contribution in [0.5, 0.6) is 17.2 Å². The summed E-state index contributed by atoms with van der Waals surface area (Å²) in [5.41, 5.74) is 6.25. The lowest BCUT2D eigenvalue weighted by Crippen LogP contribution is -2.56. The molecule has 8 rings (SSSR count). The summed E-state index contributed by atoms with van der Waals surface area (Å²) in [6.07, 6.45) is -0.373. The second-order valence-corrected chi connectivity index (χ2v) is 16.2. The Hall–Kier alpha value is -6.83. The van der Waals surface area contributed by atoms with Gasteiger partial charge in [-0.15, -0.1) is 0 Å². The largest absolute Gasteiger partial charge is 0.489 e. The number of nitrogens with zero attached hydrogens (tertiary/aromatic N) is 2. The molecule has 3 unspecified atom stereocenters. The number of nitrogens with one attached hydrogen (secondary N) is 2. The molecule has 3 N–H and O–H groups in total. The fourth-order valence-electron chi connectivity index (χ4n) is 7.70. The number of benzene rings is 5. The summed E-state index contributed by atoms with van der Waals surface area (Å²) in [5, 5.41) is 16.5. The minimum absolute atomic E-state index is 0.00702. The molecule has 15 heteroatoms. The summed E-state index contributed by atoms with van der Waals surface area (Å²) in [6.45, 7) is 3.80. The van der Waals surface area contributed by atoms with Crippen LogP contribution in [0.2, 0.25) is 10.0 Å². The van der Waals surface area contributed by atoms with Gasteiger partial charge in [-0.25, -0.2) is 9.78 Å². The molecule has 0 aliphatic carbocycles. The number of carbonyl (C=O) groups is 4. The topological polar surface area (TPSA) is 170 Å². The number of carbonyl (C=O) groups excluding carboxylic acids is 3. The van der Waals surface area contributed by atoms with E-state index in [2.05, 4.69) is 15.6 Å². The summed E-state index contributed by atoms with van der Waals surface area (Å²) in [7, 11) is 1.57. The average molecular weight is 890 g/mol. The Kier molecular flexibility index (Phi) is 12.4. The summed E-state index contributed by atoms with van der Waals surface area (Å²) in [4.78, 5) is 58.7. The molecule has 2 aliphatic rings. The number of oxazole rings is 1. The molecular formula is C48H42Cl2N4O9. The third-order valence-electron chi connectivity index (χ3n) is 11.1. The second-order valence-electron chi connectivity index (χ2n) is 15.3. The van der Waals surface area contributed by atoms with Crippen molar-refractivity contribution in [2.24, 2.45) is 0 Å². The van der Waals surface area contributed by atoms with Crippen molar-refractivity contribution >= 4 is 46.9 Å². The number of hydrogen-bond donors (Lipinski definition) is 3. The lowest BCUT2D eigenvalue weighted by molar-refractivity contribution is -0.142. The monoisotopic (exact) mass is 888 g/mol. The van der Waals surface area contributed by atoms with Gasteiger partial charge in [0.25, 0.3) is 11.8 Å². The Labute approximate surface area is 372 Å². The lowest BCUT2D eigenvalue weighted by atomic mass is 9.91. The summed E-state index contributed by atoms with van der Waals surface area (Å²) in [6, 6.07) is 28.5. The predicted octanol–water partition coefficient (Wildman–Crippen LogP) is 8.10. The van der Waals surface area contributed by atoms with Gasteiger partial charge < -0.3 is 39.3 Å². The summed E-state index contributed by atoms with van der Waals surface area (Å²) < 4.78 is 24.2. The number of fused-ring (bicyclic) bond motifs is 2. The molecule has 0 bridgehead atoms. The van der Waals surface area contributed by atoms with Crippen molar-refractivity contribution in [3.05, 3.63) is 164 Å².